The van der Waals surface area contributed by atoms with Crippen LogP contribution in [-0.4, -0.2) is 41.4 Å². The van der Waals surface area contributed by atoms with Gasteiger partial charge in [-0.25, -0.2) is 0 Å². The second-order valence-electron chi connectivity index (χ2n) is 5.23. The van der Waals surface area contributed by atoms with Gasteiger partial charge in [-0.15, -0.1) is 11.8 Å². The molecule has 1 atom stereocenters. The van der Waals surface area contributed by atoms with E-state index in [4.69, 9.17) is 0 Å². The molecule has 1 unspecified atom stereocenters. The third-order valence-corrected chi connectivity index (χ3v) is 5.27. The molecule has 5 heteroatoms. The molecule has 1 heterocycles. The number of hydrogen-bond acceptors (Lipinski definition) is 3. The van der Waals surface area contributed by atoms with E-state index in [1.54, 1.807) is 11.8 Å². The number of amides is 1. The highest BCUT2D eigenvalue weighted by molar-refractivity contribution is 9.10. The summed E-state index contributed by atoms with van der Waals surface area (Å²) in [5.41, 5.74) is 1.18. The molecule has 0 aliphatic carbocycles. The number of thioether (sulfide) groups is 1. The maximum absolute atomic E-state index is 12.2. The minimum absolute atomic E-state index is 0.176. The molecule has 1 N–H and O–H groups in total. The quantitative estimate of drug-likeness (QED) is 0.841. The molecule has 0 radical (unpaired) electrons. The van der Waals surface area contributed by atoms with Gasteiger partial charge in [-0.3, -0.25) is 4.79 Å². The van der Waals surface area contributed by atoms with E-state index < -0.39 is 0 Å². The van der Waals surface area contributed by atoms with Gasteiger partial charge >= 0.3 is 0 Å². The van der Waals surface area contributed by atoms with Crippen molar-refractivity contribution in [2.45, 2.75) is 24.7 Å². The summed E-state index contributed by atoms with van der Waals surface area (Å²) >= 11 is 5.04. The zero-order valence-electron chi connectivity index (χ0n) is 11.6. The Morgan fingerprint density at radius 2 is 2.35 bits per heavy atom. The third-order valence-electron chi connectivity index (χ3n) is 3.62. The van der Waals surface area contributed by atoms with E-state index in [2.05, 4.69) is 28.9 Å². The summed E-state index contributed by atoms with van der Waals surface area (Å²) in [5, 5.41) is 9.21. The lowest BCUT2D eigenvalue weighted by Crippen LogP contribution is -2.41. The van der Waals surface area contributed by atoms with Gasteiger partial charge in [0.2, 0.25) is 5.91 Å². The van der Waals surface area contributed by atoms with Crippen LogP contribution in [0.25, 0.3) is 0 Å². The van der Waals surface area contributed by atoms with Crippen LogP contribution in [0.2, 0.25) is 0 Å². The van der Waals surface area contributed by atoms with Crippen LogP contribution in [0.15, 0.2) is 27.6 Å². The van der Waals surface area contributed by atoms with Crippen molar-refractivity contribution < 1.29 is 9.90 Å². The first-order chi connectivity index (χ1) is 9.60. The van der Waals surface area contributed by atoms with Crippen molar-refractivity contribution in [2.75, 3.05) is 25.4 Å². The average Bonchev–Trinajstić information content (AvgIpc) is 2.46. The van der Waals surface area contributed by atoms with Gasteiger partial charge in [-0.05, 0) is 49.4 Å². The Labute approximate surface area is 132 Å². The zero-order valence-corrected chi connectivity index (χ0v) is 14.0. The van der Waals surface area contributed by atoms with Gasteiger partial charge in [0.25, 0.3) is 0 Å². The highest BCUT2D eigenvalue weighted by Gasteiger charge is 2.23. The maximum atomic E-state index is 12.2. The van der Waals surface area contributed by atoms with Gasteiger partial charge in [-0.2, -0.15) is 0 Å². The number of likely N-dealkylation sites (tertiary alicyclic amines) is 1. The number of rotatable bonds is 4. The first kappa shape index (κ1) is 15.9. The van der Waals surface area contributed by atoms with Crippen molar-refractivity contribution in [1.29, 1.82) is 0 Å². The molecule has 1 aliphatic rings. The predicted molar refractivity (Wildman–Crippen MR) is 86.0 cm³/mol. The molecule has 1 aromatic carbocycles. The average molecular weight is 358 g/mol. The second-order valence-corrected chi connectivity index (χ2v) is 7.16. The summed E-state index contributed by atoms with van der Waals surface area (Å²) in [4.78, 5) is 15.3. The van der Waals surface area contributed by atoms with Crippen molar-refractivity contribution in [1.82, 2.24) is 4.90 Å². The molecule has 110 valence electrons. The molecule has 1 amide bonds. The highest BCUT2D eigenvalue weighted by Crippen LogP contribution is 2.26. The molecule has 0 bridgehead atoms. The fourth-order valence-electron chi connectivity index (χ4n) is 2.45. The van der Waals surface area contributed by atoms with Crippen LogP contribution in [0.1, 0.15) is 18.4 Å². The Bertz CT molecular complexity index is 481. The fraction of sp³-hybridized carbons (Fsp3) is 0.533. The SMILES string of the molecule is Cc1cc(Br)ccc1SCC(=O)N1CCCC(CO)C1. The van der Waals surface area contributed by atoms with E-state index in [-0.39, 0.29) is 18.4 Å². The molecular weight excluding hydrogens is 338 g/mol. The predicted octanol–water partition coefficient (Wildman–Crippen LogP) is 3.08. The van der Waals surface area contributed by atoms with Gasteiger partial charge < -0.3 is 10.0 Å². The Hall–Kier alpha value is -0.520. The van der Waals surface area contributed by atoms with Crippen LogP contribution in [0.3, 0.4) is 0 Å². The van der Waals surface area contributed by atoms with Crippen LogP contribution < -0.4 is 0 Å². The van der Waals surface area contributed by atoms with E-state index in [0.29, 0.717) is 12.3 Å². The number of halogens is 1. The molecule has 1 aliphatic heterocycles. The second kappa shape index (κ2) is 7.48. The summed E-state index contributed by atoms with van der Waals surface area (Å²) in [6.45, 7) is 3.77. The summed E-state index contributed by atoms with van der Waals surface area (Å²) in [6, 6.07) is 6.11. The number of nitrogens with zero attached hydrogens (tertiary/aromatic N) is 1. The van der Waals surface area contributed by atoms with Crippen molar-refractivity contribution in [3.8, 4) is 0 Å². The molecule has 0 spiro atoms. The van der Waals surface area contributed by atoms with Crippen molar-refractivity contribution >= 4 is 33.6 Å². The molecule has 1 saturated heterocycles. The molecule has 1 fully saturated rings. The number of carbonyl (C=O) groups excluding carboxylic acids is 1. The first-order valence-corrected chi connectivity index (χ1v) is 8.65. The third kappa shape index (κ3) is 4.24. The normalized spacial score (nSPS) is 19.1. The van der Waals surface area contributed by atoms with Gasteiger partial charge in [-0.1, -0.05) is 15.9 Å². The van der Waals surface area contributed by atoms with Gasteiger partial charge in [0.1, 0.15) is 0 Å². The maximum Gasteiger partial charge on any atom is 0.232 e. The minimum atomic E-state index is 0.176. The monoisotopic (exact) mass is 357 g/mol. The Kier molecular flexibility index (Phi) is 5.93. The summed E-state index contributed by atoms with van der Waals surface area (Å²) in [7, 11) is 0. The molecule has 20 heavy (non-hydrogen) atoms. The zero-order chi connectivity index (χ0) is 14.5. The van der Waals surface area contributed by atoms with Crippen LogP contribution in [-0.2, 0) is 4.79 Å². The Morgan fingerprint density at radius 3 is 3.05 bits per heavy atom. The number of carbonyl (C=O) groups is 1. The molecule has 1 aromatic rings. The van der Waals surface area contributed by atoms with Crippen LogP contribution in [0, 0.1) is 12.8 Å². The largest absolute Gasteiger partial charge is 0.396 e. The van der Waals surface area contributed by atoms with Gasteiger partial charge in [0, 0.05) is 29.1 Å². The van der Waals surface area contributed by atoms with E-state index in [1.807, 2.05) is 17.0 Å². The number of piperidine rings is 1. The topological polar surface area (TPSA) is 40.5 Å². The first-order valence-electron chi connectivity index (χ1n) is 6.87. The van der Waals surface area contributed by atoms with Crippen molar-refractivity contribution in [3.63, 3.8) is 0 Å². The Balaban J connectivity index is 1.88. The molecule has 2 rings (SSSR count). The van der Waals surface area contributed by atoms with Crippen LogP contribution in [0.4, 0.5) is 0 Å². The number of benzene rings is 1. The molecular formula is C15H20BrNO2S. The van der Waals surface area contributed by atoms with Gasteiger partial charge in [0.15, 0.2) is 0 Å². The smallest absolute Gasteiger partial charge is 0.232 e. The van der Waals surface area contributed by atoms with E-state index in [9.17, 15) is 9.90 Å². The van der Waals surface area contributed by atoms with E-state index >= 15 is 0 Å². The summed E-state index contributed by atoms with van der Waals surface area (Å²) in [6.07, 6.45) is 2.03. The van der Waals surface area contributed by atoms with Gasteiger partial charge in [0.05, 0.1) is 5.75 Å². The van der Waals surface area contributed by atoms with Crippen LogP contribution in [0.5, 0.6) is 0 Å². The molecule has 0 saturated carbocycles. The van der Waals surface area contributed by atoms with E-state index in [1.165, 1.54) is 5.56 Å². The van der Waals surface area contributed by atoms with Crippen molar-refractivity contribution in [3.05, 3.63) is 28.2 Å². The lowest BCUT2D eigenvalue weighted by Gasteiger charge is -2.31. The lowest BCUT2D eigenvalue weighted by atomic mass is 9.99. The Morgan fingerprint density at radius 1 is 1.55 bits per heavy atom. The standard InChI is InChI=1S/C15H20BrNO2S/c1-11-7-13(16)4-5-14(11)20-10-15(19)17-6-2-3-12(8-17)9-18/h4-5,7,12,18H,2-3,6,8-10H2,1H3. The summed E-state index contributed by atoms with van der Waals surface area (Å²) in [5.74, 6) is 0.906. The molecule has 3 nitrogen and oxygen atoms in total. The highest BCUT2D eigenvalue weighted by atomic mass is 79.9. The van der Waals surface area contributed by atoms with Crippen LogP contribution >= 0.6 is 27.7 Å². The minimum Gasteiger partial charge on any atom is -0.396 e. The van der Waals surface area contributed by atoms with E-state index in [0.717, 1.165) is 28.8 Å². The number of hydrogen-bond donors (Lipinski definition) is 1. The molecule has 0 aromatic heterocycles. The number of aryl methyl sites for hydroxylation is 1. The lowest BCUT2D eigenvalue weighted by molar-refractivity contribution is -0.130. The van der Waals surface area contributed by atoms with Crippen molar-refractivity contribution in [2.24, 2.45) is 5.92 Å². The number of aliphatic hydroxyl groups excluding tert-OH is 1. The summed E-state index contributed by atoms with van der Waals surface area (Å²) < 4.78 is 1.06. The number of aliphatic hydroxyl groups is 1. The fourth-order valence-corrected chi connectivity index (χ4v) is 3.83.